The number of hydrogen-bond acceptors (Lipinski definition) is 3. The predicted octanol–water partition coefficient (Wildman–Crippen LogP) is -0.0325. The second-order valence-corrected chi connectivity index (χ2v) is 0.988. The van der Waals surface area contributed by atoms with Crippen LogP contribution in [0.1, 0.15) is 0 Å². The number of nitrogens with zero attached hydrogens (tertiary/aromatic N) is 1. The first-order valence-corrected chi connectivity index (χ1v) is 1.70. The van der Waals surface area contributed by atoms with E-state index in [-0.39, 0.29) is 0 Å². The zero-order chi connectivity index (χ0) is 5.11. The van der Waals surface area contributed by atoms with Gasteiger partial charge in [0.1, 0.15) is 18.9 Å². The minimum Gasteiger partial charge on any atom is -0.414 e. The predicted molar refractivity (Wildman–Crippen MR) is 21.2 cm³/mol. The fourth-order valence-electron chi connectivity index (χ4n) is 0.257. The van der Waals surface area contributed by atoms with Crippen LogP contribution in [0, 0.1) is 17.9 Å². The van der Waals surface area contributed by atoms with Crippen LogP contribution in [0.4, 0.5) is 0 Å². The van der Waals surface area contributed by atoms with Crippen molar-refractivity contribution in [2.45, 2.75) is 0 Å². The van der Waals surface area contributed by atoms with Crippen molar-refractivity contribution in [3.8, 4) is 6.07 Å². The average molecular weight is 94.1 g/mol. The van der Waals surface area contributed by atoms with Gasteiger partial charge in [0.15, 0.2) is 0 Å². The summed E-state index contributed by atoms with van der Waals surface area (Å²) in [6.07, 6.45) is 1.29. The molecule has 34 valence electrons. The lowest BCUT2D eigenvalue weighted by Gasteiger charge is -1.81. The lowest BCUT2D eigenvalue weighted by molar-refractivity contribution is 0.184. The Bertz CT molecular complexity index is 133. The molecule has 0 saturated heterocycles. The van der Waals surface area contributed by atoms with Gasteiger partial charge in [-0.25, -0.2) is 0 Å². The maximum absolute atomic E-state index is 8.07. The van der Waals surface area contributed by atoms with Crippen molar-refractivity contribution in [1.82, 2.24) is 5.48 Å². The molecule has 2 radical (unpaired) electrons. The van der Waals surface area contributed by atoms with E-state index in [1.165, 1.54) is 6.26 Å². The maximum Gasteiger partial charge on any atom is 0.149 e. The molecule has 0 spiro atoms. The van der Waals surface area contributed by atoms with Crippen molar-refractivity contribution in [2.75, 3.05) is 0 Å². The Hall–Kier alpha value is -1.01. The van der Waals surface area contributed by atoms with Crippen LogP contribution in [0.5, 0.6) is 0 Å². The van der Waals surface area contributed by atoms with Crippen LogP contribution in [0.25, 0.3) is 0 Å². The summed E-state index contributed by atoms with van der Waals surface area (Å²) in [5, 5.41) is 8.07. The van der Waals surface area contributed by atoms with Crippen molar-refractivity contribution in [3.63, 3.8) is 0 Å². The van der Waals surface area contributed by atoms with Crippen molar-refractivity contribution >= 4 is 0 Å². The second-order valence-electron chi connectivity index (χ2n) is 0.988. The summed E-state index contributed by atoms with van der Waals surface area (Å²) in [6, 6.07) is 1.83. The Labute approximate surface area is 41.1 Å². The largest absolute Gasteiger partial charge is 0.414 e. The summed E-state index contributed by atoms with van der Waals surface area (Å²) in [7, 11) is 0. The van der Waals surface area contributed by atoms with Gasteiger partial charge in [-0.3, -0.25) is 0 Å². The number of rotatable bonds is 0. The van der Waals surface area contributed by atoms with Gasteiger partial charge >= 0.3 is 0 Å². The van der Waals surface area contributed by atoms with E-state index in [0.717, 1.165) is 0 Å². The van der Waals surface area contributed by atoms with Gasteiger partial charge in [0.2, 0.25) is 0 Å². The van der Waals surface area contributed by atoms with Crippen LogP contribution in [0.2, 0.25) is 0 Å². The van der Waals surface area contributed by atoms with Crippen molar-refractivity contribution < 1.29 is 4.84 Å². The summed E-state index contributed by atoms with van der Waals surface area (Å²) in [5.41, 5.74) is 2.65. The lowest BCUT2D eigenvalue weighted by Crippen LogP contribution is -1.97. The molecule has 0 amide bonds. The molecule has 0 fully saturated rings. The van der Waals surface area contributed by atoms with Crippen LogP contribution in [0.15, 0.2) is 11.8 Å². The van der Waals surface area contributed by atoms with Gasteiger partial charge in [-0.2, -0.15) is 5.26 Å². The maximum atomic E-state index is 8.07. The molecule has 0 aromatic rings. The Morgan fingerprint density at radius 3 is 3.14 bits per heavy atom. The Kier molecular flexibility index (Phi) is 0.966. The van der Waals surface area contributed by atoms with E-state index in [4.69, 9.17) is 5.26 Å². The molecule has 1 rings (SSSR count). The highest BCUT2D eigenvalue weighted by atomic mass is 16.6. The van der Waals surface area contributed by atoms with E-state index >= 15 is 0 Å². The smallest absolute Gasteiger partial charge is 0.149 e. The molecular formula is C4H2N2O. The van der Waals surface area contributed by atoms with Crippen LogP contribution in [-0.2, 0) is 4.84 Å². The van der Waals surface area contributed by atoms with Gasteiger partial charge < -0.3 is 4.84 Å². The molecule has 1 aliphatic heterocycles. The fourth-order valence-corrected chi connectivity index (χ4v) is 0.257. The first kappa shape index (κ1) is 4.16. The Morgan fingerprint density at radius 1 is 2.00 bits per heavy atom. The third-order valence-electron chi connectivity index (χ3n) is 0.542. The first-order valence-electron chi connectivity index (χ1n) is 1.70. The molecule has 0 unspecified atom stereocenters. The summed E-state index contributed by atoms with van der Waals surface area (Å²) < 4.78 is 0. The molecule has 0 aromatic carbocycles. The van der Waals surface area contributed by atoms with Crippen molar-refractivity contribution in [3.05, 3.63) is 18.4 Å². The highest BCUT2D eigenvalue weighted by Crippen LogP contribution is 2.00. The highest BCUT2D eigenvalue weighted by Gasteiger charge is 2.02. The van der Waals surface area contributed by atoms with Crippen LogP contribution in [-0.4, -0.2) is 0 Å². The molecule has 0 aliphatic carbocycles. The SMILES string of the molecule is N#CC1=CON[C]1. The minimum absolute atomic E-state index is 0.389. The molecule has 1 heterocycles. The van der Waals surface area contributed by atoms with E-state index in [2.05, 4.69) is 16.9 Å². The number of hydrogen-bond donors (Lipinski definition) is 1. The number of nitrogens with one attached hydrogen (secondary N) is 1. The normalized spacial score (nSPS) is 17.3. The van der Waals surface area contributed by atoms with E-state index in [1.54, 1.807) is 0 Å². The minimum atomic E-state index is 0.389. The summed E-state index contributed by atoms with van der Waals surface area (Å²) in [4.78, 5) is 4.40. The molecule has 7 heavy (non-hydrogen) atoms. The zero-order valence-corrected chi connectivity index (χ0v) is 3.43. The number of hydroxylamine groups is 1. The standard InChI is InChI=1S/C4H2N2O/c5-1-4-2-6-7-3-4/h3,6H. The highest BCUT2D eigenvalue weighted by molar-refractivity contribution is 5.27. The molecule has 3 nitrogen and oxygen atoms in total. The van der Waals surface area contributed by atoms with Crippen LogP contribution in [0.3, 0.4) is 0 Å². The second kappa shape index (κ2) is 1.63. The van der Waals surface area contributed by atoms with Gasteiger partial charge in [-0.05, 0) is 0 Å². The fraction of sp³-hybridized carbons (Fsp3) is 0. The van der Waals surface area contributed by atoms with E-state index in [9.17, 15) is 0 Å². The molecule has 0 aromatic heterocycles. The monoisotopic (exact) mass is 94.0 g/mol. The molecule has 3 heteroatoms. The Balaban J connectivity index is 2.57. The lowest BCUT2D eigenvalue weighted by atomic mass is 10.3. The van der Waals surface area contributed by atoms with Gasteiger partial charge in [0.25, 0.3) is 0 Å². The van der Waals surface area contributed by atoms with E-state index < -0.39 is 0 Å². The third kappa shape index (κ3) is 0.699. The van der Waals surface area contributed by atoms with Crippen LogP contribution < -0.4 is 5.48 Å². The number of nitriles is 1. The molecule has 0 atom stereocenters. The van der Waals surface area contributed by atoms with Crippen molar-refractivity contribution in [2.24, 2.45) is 0 Å². The molecule has 0 saturated carbocycles. The zero-order valence-electron chi connectivity index (χ0n) is 3.43. The average Bonchev–Trinajstić information content (AvgIpc) is 2.14. The summed E-state index contributed by atoms with van der Waals surface area (Å²) in [6.45, 7) is 2.43. The van der Waals surface area contributed by atoms with Gasteiger partial charge in [-0.1, -0.05) is 0 Å². The topological polar surface area (TPSA) is 45.0 Å². The Morgan fingerprint density at radius 2 is 2.86 bits per heavy atom. The van der Waals surface area contributed by atoms with Crippen LogP contribution >= 0.6 is 0 Å². The van der Waals surface area contributed by atoms with Crippen molar-refractivity contribution in [1.29, 1.82) is 5.26 Å². The molecular weight excluding hydrogens is 92.1 g/mol. The summed E-state index contributed by atoms with van der Waals surface area (Å²) in [5.74, 6) is 0. The molecule has 1 N–H and O–H groups in total. The molecule has 0 bridgehead atoms. The summed E-state index contributed by atoms with van der Waals surface area (Å²) >= 11 is 0. The quantitative estimate of drug-likeness (QED) is 0.458. The van der Waals surface area contributed by atoms with E-state index in [1.807, 2.05) is 6.07 Å². The van der Waals surface area contributed by atoms with Gasteiger partial charge in [0.05, 0.1) is 5.57 Å². The first-order chi connectivity index (χ1) is 3.43. The van der Waals surface area contributed by atoms with Gasteiger partial charge in [0, 0.05) is 0 Å². The third-order valence-corrected chi connectivity index (χ3v) is 0.542. The van der Waals surface area contributed by atoms with E-state index in [0.29, 0.717) is 5.57 Å². The molecule has 1 aliphatic rings. The van der Waals surface area contributed by atoms with Gasteiger partial charge in [-0.15, -0.1) is 5.48 Å².